The Morgan fingerprint density at radius 2 is 1.95 bits per heavy atom. The Hall–Kier alpha value is -0.660. The van der Waals surface area contributed by atoms with Gasteiger partial charge in [0.1, 0.15) is 0 Å². The van der Waals surface area contributed by atoms with Crippen LogP contribution >= 0.6 is 0 Å². The molecule has 120 valence electrons. The normalized spacial score (nSPS) is 29.7. The van der Waals surface area contributed by atoms with Gasteiger partial charge in [0.2, 0.25) is 10.0 Å². The molecule has 0 N–H and O–H groups in total. The van der Waals surface area contributed by atoms with Crippen LogP contribution in [0, 0.1) is 5.41 Å². The van der Waals surface area contributed by atoms with Crippen molar-refractivity contribution in [2.75, 3.05) is 39.0 Å². The fourth-order valence-corrected chi connectivity index (χ4v) is 5.71. The van der Waals surface area contributed by atoms with Crippen LogP contribution in [0.2, 0.25) is 0 Å². The van der Waals surface area contributed by atoms with Gasteiger partial charge in [-0.15, -0.1) is 0 Å². The summed E-state index contributed by atoms with van der Waals surface area (Å²) < 4.78 is 31.7. The highest BCUT2D eigenvalue weighted by atomic mass is 32.2. The first-order chi connectivity index (χ1) is 9.97. The average molecular weight is 316 g/mol. The van der Waals surface area contributed by atoms with Crippen LogP contribution in [0.25, 0.3) is 0 Å². The van der Waals surface area contributed by atoms with Crippen LogP contribution in [0.1, 0.15) is 32.1 Å². The van der Waals surface area contributed by atoms with Crippen LogP contribution in [0.3, 0.4) is 0 Å². The molecule has 3 aliphatic rings. The minimum absolute atomic E-state index is 0.0839. The van der Waals surface area contributed by atoms with E-state index in [-0.39, 0.29) is 11.7 Å². The summed E-state index contributed by atoms with van der Waals surface area (Å²) in [6.45, 7) is 3.34. The topological polar surface area (TPSA) is 66.9 Å². The third kappa shape index (κ3) is 2.71. The third-order valence-electron chi connectivity index (χ3n) is 5.31. The molecule has 3 rings (SSSR count). The molecule has 1 saturated carbocycles. The number of esters is 1. The lowest BCUT2D eigenvalue weighted by Gasteiger charge is -2.39. The van der Waals surface area contributed by atoms with E-state index in [0.717, 1.165) is 25.9 Å². The summed E-state index contributed by atoms with van der Waals surface area (Å²) in [4.78, 5) is 14.3. The summed E-state index contributed by atoms with van der Waals surface area (Å²) >= 11 is 0. The lowest BCUT2D eigenvalue weighted by Crippen LogP contribution is -2.49. The summed E-state index contributed by atoms with van der Waals surface area (Å²) in [5.41, 5.74) is -0.789. The first kappa shape index (κ1) is 15.2. The van der Waals surface area contributed by atoms with Crippen molar-refractivity contribution >= 4 is 16.0 Å². The summed E-state index contributed by atoms with van der Waals surface area (Å²) in [6.07, 6.45) is 4.28. The molecule has 21 heavy (non-hydrogen) atoms. The highest BCUT2D eigenvalue weighted by molar-refractivity contribution is 7.89. The number of hydrogen-bond acceptors (Lipinski definition) is 5. The van der Waals surface area contributed by atoms with Crippen LogP contribution in [-0.4, -0.2) is 68.7 Å². The van der Waals surface area contributed by atoms with Crippen molar-refractivity contribution in [1.29, 1.82) is 0 Å². The predicted octanol–water partition coefficient (Wildman–Crippen LogP) is 0.440. The van der Waals surface area contributed by atoms with Gasteiger partial charge in [-0.3, -0.25) is 9.69 Å². The van der Waals surface area contributed by atoms with Gasteiger partial charge in [-0.25, -0.2) is 12.7 Å². The van der Waals surface area contributed by atoms with Gasteiger partial charge in [-0.2, -0.15) is 0 Å². The summed E-state index contributed by atoms with van der Waals surface area (Å²) in [5.74, 6) is -0.449. The molecule has 2 aliphatic heterocycles. The van der Waals surface area contributed by atoms with Gasteiger partial charge >= 0.3 is 5.97 Å². The molecule has 3 fully saturated rings. The third-order valence-corrected chi connectivity index (χ3v) is 7.35. The van der Waals surface area contributed by atoms with Crippen molar-refractivity contribution in [2.24, 2.45) is 5.41 Å². The second kappa shape index (κ2) is 5.52. The van der Waals surface area contributed by atoms with E-state index >= 15 is 0 Å². The van der Waals surface area contributed by atoms with Gasteiger partial charge in [0.05, 0.1) is 18.3 Å². The minimum Gasteiger partial charge on any atom is -0.469 e. The molecule has 6 nitrogen and oxygen atoms in total. The van der Waals surface area contributed by atoms with Crippen LogP contribution in [0.4, 0.5) is 0 Å². The predicted molar refractivity (Wildman–Crippen MR) is 78.3 cm³/mol. The molecule has 0 amide bonds. The van der Waals surface area contributed by atoms with E-state index in [9.17, 15) is 13.2 Å². The molecule has 0 spiro atoms. The molecule has 2 heterocycles. The number of sulfonamides is 1. The number of ether oxygens (including phenoxy) is 1. The minimum atomic E-state index is -3.38. The summed E-state index contributed by atoms with van der Waals surface area (Å²) in [7, 11) is -2.04. The van der Waals surface area contributed by atoms with Crippen molar-refractivity contribution < 1.29 is 17.9 Å². The van der Waals surface area contributed by atoms with E-state index in [2.05, 4.69) is 4.90 Å². The Morgan fingerprint density at radius 3 is 2.43 bits per heavy atom. The molecule has 0 aromatic heterocycles. The van der Waals surface area contributed by atoms with Crippen molar-refractivity contribution in [3.8, 4) is 0 Å². The molecule has 0 aromatic carbocycles. The maximum atomic E-state index is 12.6. The van der Waals surface area contributed by atoms with Gasteiger partial charge in [0, 0.05) is 19.1 Å². The smallest absolute Gasteiger partial charge is 0.312 e. The molecule has 0 radical (unpaired) electrons. The quantitative estimate of drug-likeness (QED) is 0.689. The summed E-state index contributed by atoms with van der Waals surface area (Å²) in [6, 6.07) is 0.365. The van der Waals surface area contributed by atoms with Crippen molar-refractivity contribution in [3.63, 3.8) is 0 Å². The van der Waals surface area contributed by atoms with E-state index in [1.54, 1.807) is 4.31 Å². The molecule has 7 heteroatoms. The van der Waals surface area contributed by atoms with Crippen molar-refractivity contribution in [1.82, 2.24) is 9.21 Å². The van der Waals surface area contributed by atoms with Gasteiger partial charge in [-0.1, -0.05) is 6.42 Å². The van der Waals surface area contributed by atoms with Crippen LogP contribution in [-0.2, 0) is 19.6 Å². The van der Waals surface area contributed by atoms with Crippen LogP contribution in [0.5, 0.6) is 0 Å². The highest BCUT2D eigenvalue weighted by Crippen LogP contribution is 2.44. The van der Waals surface area contributed by atoms with E-state index in [0.29, 0.717) is 32.0 Å². The highest BCUT2D eigenvalue weighted by Gasteiger charge is 2.50. The molecule has 1 unspecified atom stereocenters. The van der Waals surface area contributed by atoms with Gasteiger partial charge in [0.25, 0.3) is 0 Å². The van der Waals surface area contributed by atoms with Crippen molar-refractivity contribution in [2.45, 2.75) is 38.1 Å². The van der Waals surface area contributed by atoms with Gasteiger partial charge < -0.3 is 4.74 Å². The van der Waals surface area contributed by atoms with E-state index in [1.165, 1.54) is 13.5 Å². The maximum Gasteiger partial charge on any atom is 0.312 e. The summed E-state index contributed by atoms with van der Waals surface area (Å²) in [5, 5.41) is 0. The largest absolute Gasteiger partial charge is 0.469 e. The lowest BCUT2D eigenvalue weighted by atomic mass is 9.70. The number of hydrogen-bond donors (Lipinski definition) is 0. The number of carbonyl (C=O) groups is 1. The second-order valence-corrected chi connectivity index (χ2v) is 8.54. The second-order valence-electron chi connectivity index (χ2n) is 6.57. The van der Waals surface area contributed by atoms with Crippen molar-refractivity contribution in [3.05, 3.63) is 0 Å². The molecule has 2 saturated heterocycles. The number of nitrogens with zero attached hydrogens (tertiary/aromatic N) is 2. The molecular formula is C14H24N2O4S. The number of rotatable bonds is 5. The Labute approximate surface area is 126 Å². The zero-order chi connectivity index (χ0) is 15.1. The zero-order valence-electron chi connectivity index (χ0n) is 12.6. The van der Waals surface area contributed by atoms with Gasteiger partial charge in [-0.05, 0) is 38.8 Å². The SMILES string of the molecule is COC(=O)C1(CS(=O)(=O)N2CCC(N3CCC3)C2)CCC1. The average Bonchev–Trinajstić information content (AvgIpc) is 2.81. The maximum absolute atomic E-state index is 12.6. The molecule has 1 aliphatic carbocycles. The van der Waals surface area contributed by atoms with E-state index < -0.39 is 15.4 Å². The monoisotopic (exact) mass is 316 g/mol. The standard InChI is InChI=1S/C14H24N2O4S/c1-20-13(17)14(5-2-6-14)11-21(18,19)16-9-4-12(10-16)15-7-3-8-15/h12H,2-11H2,1H3. The first-order valence-corrected chi connectivity index (χ1v) is 9.38. The molecule has 0 aromatic rings. The van der Waals surface area contributed by atoms with E-state index in [4.69, 9.17) is 4.74 Å². The van der Waals surface area contributed by atoms with E-state index in [1.807, 2.05) is 0 Å². The van der Waals surface area contributed by atoms with Crippen LogP contribution in [0.15, 0.2) is 0 Å². The number of carbonyl (C=O) groups excluding carboxylic acids is 1. The first-order valence-electron chi connectivity index (χ1n) is 7.77. The Morgan fingerprint density at radius 1 is 1.24 bits per heavy atom. The molecule has 0 bridgehead atoms. The fraction of sp³-hybridized carbons (Fsp3) is 0.929. The Kier molecular flexibility index (Phi) is 4.00. The Bertz CT molecular complexity index is 511. The molecule has 1 atom stereocenters. The Balaban J connectivity index is 1.65. The zero-order valence-corrected chi connectivity index (χ0v) is 13.4. The fourth-order valence-electron chi connectivity index (χ4n) is 3.64. The van der Waals surface area contributed by atoms with Crippen LogP contribution < -0.4 is 0 Å². The van der Waals surface area contributed by atoms with Gasteiger partial charge in [0.15, 0.2) is 0 Å². The lowest BCUT2D eigenvalue weighted by molar-refractivity contribution is -0.156. The molecular weight excluding hydrogens is 292 g/mol. The number of methoxy groups -OCH3 is 1. The number of likely N-dealkylation sites (tertiary alicyclic amines) is 1.